The van der Waals surface area contributed by atoms with E-state index in [0.717, 1.165) is 23.0 Å². The van der Waals surface area contributed by atoms with E-state index in [-0.39, 0.29) is 11.5 Å². The smallest absolute Gasteiger partial charge is 0.252 e. The van der Waals surface area contributed by atoms with Crippen LogP contribution in [-0.2, 0) is 4.79 Å². The van der Waals surface area contributed by atoms with E-state index in [1.165, 1.54) is 36.7 Å². The summed E-state index contributed by atoms with van der Waals surface area (Å²) in [5.74, 6) is 0.323. The summed E-state index contributed by atoms with van der Waals surface area (Å²) in [4.78, 5) is 29.7. The van der Waals surface area contributed by atoms with Gasteiger partial charge in [-0.2, -0.15) is 0 Å². The molecule has 134 valence electrons. The second-order valence-corrected chi connectivity index (χ2v) is 8.42. The second-order valence-electron chi connectivity index (χ2n) is 6.61. The fraction of sp³-hybridized carbons (Fsp3) is 0.500. The molecular formula is C18H22BrN3O2S. The Morgan fingerprint density at radius 1 is 1.40 bits per heavy atom. The van der Waals surface area contributed by atoms with Crippen molar-refractivity contribution in [2.45, 2.75) is 51.5 Å². The highest BCUT2D eigenvalue weighted by atomic mass is 79.9. The molecule has 2 aromatic heterocycles. The maximum atomic E-state index is 13.0. The van der Waals surface area contributed by atoms with Crippen LogP contribution < -0.4 is 10.9 Å². The number of halogens is 1. The summed E-state index contributed by atoms with van der Waals surface area (Å²) in [7, 11) is 0. The standard InChI is InChI=1S/C18H22BrN3O2S/c1-12-9-14(19)11-16(23)22(12)15(10-13-5-3-2-4-6-13)17(24)21-18-20-7-8-25-18/h7-9,11,13,15H,2-6,10H2,1H3,(H,20,21,24). The van der Waals surface area contributed by atoms with Gasteiger partial charge in [0.25, 0.3) is 5.56 Å². The van der Waals surface area contributed by atoms with Crippen LogP contribution >= 0.6 is 27.3 Å². The third-order valence-corrected chi connectivity index (χ3v) is 5.93. The Labute approximate surface area is 159 Å². The van der Waals surface area contributed by atoms with Gasteiger partial charge in [-0.25, -0.2) is 4.98 Å². The van der Waals surface area contributed by atoms with Gasteiger partial charge >= 0.3 is 0 Å². The molecule has 5 nitrogen and oxygen atoms in total. The summed E-state index contributed by atoms with van der Waals surface area (Å²) in [6.45, 7) is 1.87. The van der Waals surface area contributed by atoms with Crippen LogP contribution in [0.4, 0.5) is 5.13 Å². The summed E-state index contributed by atoms with van der Waals surface area (Å²) in [6, 6.07) is 2.90. The first-order valence-electron chi connectivity index (χ1n) is 8.63. The van der Waals surface area contributed by atoms with E-state index in [9.17, 15) is 9.59 Å². The highest BCUT2D eigenvalue weighted by Gasteiger charge is 2.28. The number of amides is 1. The Kier molecular flexibility index (Phi) is 6.06. The maximum Gasteiger partial charge on any atom is 0.252 e. The predicted molar refractivity (Wildman–Crippen MR) is 104 cm³/mol. The maximum absolute atomic E-state index is 13.0. The summed E-state index contributed by atoms with van der Waals surface area (Å²) in [5, 5.41) is 5.27. The van der Waals surface area contributed by atoms with Crippen LogP contribution in [0.1, 0.15) is 50.3 Å². The van der Waals surface area contributed by atoms with E-state index >= 15 is 0 Å². The molecule has 3 rings (SSSR count). The minimum atomic E-state index is -0.507. The molecule has 0 aliphatic heterocycles. The molecule has 1 saturated carbocycles. The monoisotopic (exact) mass is 423 g/mol. The molecule has 2 heterocycles. The number of anilines is 1. The fourth-order valence-corrected chi connectivity index (χ4v) is 4.67. The Morgan fingerprint density at radius 2 is 2.16 bits per heavy atom. The molecular weight excluding hydrogens is 402 g/mol. The Hall–Kier alpha value is -1.47. The zero-order valence-corrected chi connectivity index (χ0v) is 16.6. The summed E-state index contributed by atoms with van der Waals surface area (Å²) >= 11 is 4.74. The minimum absolute atomic E-state index is 0.151. The summed E-state index contributed by atoms with van der Waals surface area (Å²) < 4.78 is 2.37. The first-order chi connectivity index (χ1) is 12.0. The van der Waals surface area contributed by atoms with Gasteiger partial charge in [0.2, 0.25) is 5.91 Å². The van der Waals surface area contributed by atoms with Crippen molar-refractivity contribution in [3.8, 4) is 0 Å². The lowest BCUT2D eigenvalue weighted by molar-refractivity contribution is -0.120. The van der Waals surface area contributed by atoms with Gasteiger partial charge in [-0.3, -0.25) is 9.59 Å². The van der Waals surface area contributed by atoms with Gasteiger partial charge in [-0.15, -0.1) is 11.3 Å². The average Bonchev–Trinajstić information content (AvgIpc) is 3.07. The van der Waals surface area contributed by atoms with Crippen LogP contribution in [0.2, 0.25) is 0 Å². The third kappa shape index (κ3) is 4.58. The molecule has 1 fully saturated rings. The molecule has 0 radical (unpaired) electrons. The quantitative estimate of drug-likeness (QED) is 0.767. The summed E-state index contributed by atoms with van der Waals surface area (Å²) in [6.07, 6.45) is 8.30. The molecule has 1 amide bonds. The van der Waals surface area contributed by atoms with Gasteiger partial charge in [0.1, 0.15) is 6.04 Å². The number of hydrogen-bond donors (Lipinski definition) is 1. The molecule has 1 aliphatic carbocycles. The van der Waals surface area contributed by atoms with Gasteiger partial charge in [0, 0.05) is 27.8 Å². The van der Waals surface area contributed by atoms with Gasteiger partial charge in [-0.05, 0) is 25.3 Å². The van der Waals surface area contributed by atoms with E-state index in [4.69, 9.17) is 0 Å². The number of rotatable bonds is 5. The molecule has 1 atom stereocenters. The van der Waals surface area contributed by atoms with Crippen molar-refractivity contribution in [3.63, 3.8) is 0 Å². The minimum Gasteiger partial charge on any atom is -0.300 e. The van der Waals surface area contributed by atoms with Gasteiger partial charge in [0.05, 0.1) is 0 Å². The normalized spacial score (nSPS) is 16.6. The third-order valence-electron chi connectivity index (χ3n) is 4.78. The Morgan fingerprint density at radius 3 is 2.80 bits per heavy atom. The first-order valence-corrected chi connectivity index (χ1v) is 10.3. The second kappa shape index (κ2) is 8.27. The van der Waals surface area contributed by atoms with Crippen LogP contribution in [0.15, 0.2) is 33.0 Å². The summed E-state index contributed by atoms with van der Waals surface area (Å²) in [5.41, 5.74) is 0.636. The molecule has 25 heavy (non-hydrogen) atoms. The topological polar surface area (TPSA) is 64.0 Å². The number of nitrogens with zero attached hydrogens (tertiary/aromatic N) is 2. The van der Waals surface area contributed by atoms with Crippen molar-refractivity contribution in [1.82, 2.24) is 9.55 Å². The number of thiazole rings is 1. The van der Waals surface area contributed by atoms with Gasteiger partial charge < -0.3 is 9.88 Å². The number of carbonyl (C=O) groups excluding carboxylic acids is 1. The molecule has 1 N–H and O–H groups in total. The van der Waals surface area contributed by atoms with Crippen molar-refractivity contribution in [2.75, 3.05) is 5.32 Å². The highest BCUT2D eigenvalue weighted by molar-refractivity contribution is 9.10. The number of carbonyl (C=O) groups is 1. The van der Waals surface area contributed by atoms with Gasteiger partial charge in [0.15, 0.2) is 5.13 Å². The van der Waals surface area contributed by atoms with Crippen LogP contribution in [0.25, 0.3) is 0 Å². The molecule has 0 spiro atoms. The zero-order chi connectivity index (χ0) is 17.8. The molecule has 1 aliphatic rings. The van der Waals surface area contributed by atoms with Crippen LogP contribution in [0.5, 0.6) is 0 Å². The molecule has 1 unspecified atom stereocenters. The highest BCUT2D eigenvalue weighted by Crippen LogP contribution is 2.31. The van der Waals surface area contributed by atoms with E-state index in [1.807, 2.05) is 18.4 Å². The SMILES string of the molecule is Cc1cc(Br)cc(=O)n1C(CC1CCCCC1)C(=O)Nc1nccs1. The molecule has 7 heteroatoms. The lowest BCUT2D eigenvalue weighted by Gasteiger charge is -2.28. The number of nitrogens with one attached hydrogen (secondary N) is 1. The largest absolute Gasteiger partial charge is 0.300 e. The van der Waals surface area contributed by atoms with Crippen molar-refractivity contribution in [2.24, 2.45) is 5.92 Å². The number of aromatic nitrogens is 2. The first kappa shape index (κ1) is 18.3. The van der Waals surface area contributed by atoms with E-state index < -0.39 is 6.04 Å². The lowest BCUT2D eigenvalue weighted by Crippen LogP contribution is -2.36. The number of pyridine rings is 1. The average molecular weight is 424 g/mol. The Bertz CT molecular complexity index is 782. The van der Waals surface area contributed by atoms with Crippen molar-refractivity contribution in [1.29, 1.82) is 0 Å². The van der Waals surface area contributed by atoms with Crippen molar-refractivity contribution < 1.29 is 4.79 Å². The molecule has 0 saturated heterocycles. The van der Waals surface area contributed by atoms with Crippen LogP contribution in [0.3, 0.4) is 0 Å². The van der Waals surface area contributed by atoms with Crippen LogP contribution in [0, 0.1) is 12.8 Å². The molecule has 0 aromatic carbocycles. The van der Waals surface area contributed by atoms with E-state index in [0.29, 0.717) is 17.5 Å². The number of hydrogen-bond acceptors (Lipinski definition) is 4. The predicted octanol–water partition coefficient (Wildman–Crippen LogP) is 4.53. The number of aryl methyl sites for hydroxylation is 1. The zero-order valence-electron chi connectivity index (χ0n) is 14.2. The molecule has 2 aromatic rings. The van der Waals surface area contributed by atoms with E-state index in [1.54, 1.807) is 10.8 Å². The Balaban J connectivity index is 1.90. The van der Waals surface area contributed by atoms with Crippen molar-refractivity contribution in [3.05, 3.63) is 44.2 Å². The fourth-order valence-electron chi connectivity index (χ4n) is 3.61. The van der Waals surface area contributed by atoms with E-state index in [2.05, 4.69) is 26.2 Å². The molecule has 0 bridgehead atoms. The van der Waals surface area contributed by atoms with Gasteiger partial charge in [-0.1, -0.05) is 48.0 Å². The van der Waals surface area contributed by atoms with Crippen molar-refractivity contribution >= 4 is 38.3 Å². The lowest BCUT2D eigenvalue weighted by atomic mass is 9.84. The van der Waals surface area contributed by atoms with Crippen LogP contribution in [-0.4, -0.2) is 15.5 Å².